The molecule has 0 aliphatic heterocycles. The molecule has 0 saturated heterocycles. The van der Waals surface area contributed by atoms with Gasteiger partial charge in [-0.05, 0) is 57.5 Å². The third kappa shape index (κ3) is 22.4. The highest BCUT2D eigenvalue weighted by Crippen LogP contribution is 2.24. The highest BCUT2D eigenvalue weighted by molar-refractivity contribution is 4.93. The van der Waals surface area contributed by atoms with E-state index >= 15 is 0 Å². The Hall–Kier alpha value is -0.300. The number of allylic oxidation sites excluding steroid dienone is 1. The van der Waals surface area contributed by atoms with Crippen molar-refractivity contribution in [2.24, 2.45) is 5.92 Å². The maximum atomic E-state index is 4.36. The number of nitrogens with one attached hydrogen (secondary N) is 1. The molecule has 30 heavy (non-hydrogen) atoms. The van der Waals surface area contributed by atoms with Crippen molar-refractivity contribution >= 4 is 0 Å². The maximum absolute atomic E-state index is 4.36. The van der Waals surface area contributed by atoms with Gasteiger partial charge >= 0.3 is 0 Å². The van der Waals surface area contributed by atoms with E-state index in [1.807, 2.05) is 0 Å². The lowest BCUT2D eigenvalue weighted by molar-refractivity contribution is 0.387. The molecule has 1 N–H and O–H groups in total. The topological polar surface area (TPSA) is 12.0 Å². The van der Waals surface area contributed by atoms with Crippen molar-refractivity contribution in [2.75, 3.05) is 13.1 Å². The fraction of sp³-hybridized carbons (Fsp3) is 0.931. The van der Waals surface area contributed by atoms with Crippen LogP contribution in [-0.4, -0.2) is 13.1 Å². The van der Waals surface area contributed by atoms with Gasteiger partial charge in [0.25, 0.3) is 0 Å². The number of unbranched alkanes of at least 4 members (excludes halogenated alkanes) is 11. The molecule has 0 spiro atoms. The van der Waals surface area contributed by atoms with Gasteiger partial charge in [0, 0.05) is 0 Å². The van der Waals surface area contributed by atoms with Crippen molar-refractivity contribution in [2.45, 2.75) is 156 Å². The van der Waals surface area contributed by atoms with E-state index in [1.165, 1.54) is 153 Å². The van der Waals surface area contributed by atoms with E-state index in [0.29, 0.717) is 0 Å². The van der Waals surface area contributed by atoms with Gasteiger partial charge in [-0.1, -0.05) is 129 Å². The second kappa shape index (κ2) is 25.0. The molecule has 0 amide bonds. The van der Waals surface area contributed by atoms with Gasteiger partial charge in [0.05, 0.1) is 0 Å². The zero-order chi connectivity index (χ0) is 22.1. The first kappa shape index (κ1) is 29.7. The predicted molar refractivity (Wildman–Crippen MR) is 139 cm³/mol. The normalized spacial score (nSPS) is 12.4. The first-order valence-electron chi connectivity index (χ1n) is 14.1. The number of rotatable bonds is 25. The average molecular weight is 422 g/mol. The lowest BCUT2D eigenvalue weighted by atomic mass is 9.90. The van der Waals surface area contributed by atoms with Crippen molar-refractivity contribution in [1.82, 2.24) is 5.32 Å². The van der Waals surface area contributed by atoms with Crippen molar-refractivity contribution in [3.63, 3.8) is 0 Å². The van der Waals surface area contributed by atoms with Crippen LogP contribution in [-0.2, 0) is 0 Å². The molecule has 0 aromatic rings. The molecule has 1 nitrogen and oxygen atoms in total. The molecule has 0 aromatic carbocycles. The highest BCUT2D eigenvalue weighted by atomic mass is 14.8. The second-order valence-corrected chi connectivity index (χ2v) is 9.83. The van der Waals surface area contributed by atoms with E-state index in [1.54, 1.807) is 0 Å². The molecule has 0 rings (SSSR count). The van der Waals surface area contributed by atoms with Gasteiger partial charge in [-0.25, -0.2) is 0 Å². The van der Waals surface area contributed by atoms with E-state index in [0.717, 1.165) is 5.92 Å². The van der Waals surface area contributed by atoms with Crippen LogP contribution in [0.4, 0.5) is 0 Å². The molecule has 0 aliphatic rings. The smallest absolute Gasteiger partial charge is 0.00489 e. The zero-order valence-corrected chi connectivity index (χ0v) is 21.5. The average Bonchev–Trinajstić information content (AvgIpc) is 2.74. The Labute approximate surface area is 192 Å². The molecule has 0 saturated carbocycles. The fourth-order valence-corrected chi connectivity index (χ4v) is 4.60. The lowest BCUT2D eigenvalue weighted by Gasteiger charge is -2.16. The molecule has 0 aromatic heterocycles. The summed E-state index contributed by atoms with van der Waals surface area (Å²) in [5.41, 5.74) is 1.51. The quantitative estimate of drug-likeness (QED) is 0.114. The maximum Gasteiger partial charge on any atom is -0.00489 e. The monoisotopic (exact) mass is 421 g/mol. The van der Waals surface area contributed by atoms with Crippen LogP contribution in [0, 0.1) is 5.92 Å². The zero-order valence-electron chi connectivity index (χ0n) is 21.5. The largest absolute Gasteiger partial charge is 0.317 e. The summed E-state index contributed by atoms with van der Waals surface area (Å²) in [5, 5.41) is 3.63. The minimum absolute atomic E-state index is 0.976. The summed E-state index contributed by atoms with van der Waals surface area (Å²) >= 11 is 0. The standard InChI is InChI=1S/C29H59N/c1-5-8-10-11-14-18-26-30-27-19-15-12-13-17-22-28(4)23-20-25-29(21-7-3)24-16-9-6-2/h29-30H,4-27H2,1-3H3. The van der Waals surface area contributed by atoms with Crippen LogP contribution in [0.2, 0.25) is 0 Å². The van der Waals surface area contributed by atoms with Crippen LogP contribution in [0.3, 0.4) is 0 Å². The van der Waals surface area contributed by atoms with E-state index in [4.69, 9.17) is 0 Å². The molecule has 180 valence electrons. The van der Waals surface area contributed by atoms with Crippen molar-refractivity contribution in [3.05, 3.63) is 12.2 Å². The molecule has 1 atom stereocenters. The molecule has 0 radical (unpaired) electrons. The summed E-state index contributed by atoms with van der Waals surface area (Å²) in [4.78, 5) is 0. The van der Waals surface area contributed by atoms with Gasteiger partial charge in [0.1, 0.15) is 0 Å². The summed E-state index contributed by atoms with van der Waals surface area (Å²) in [6, 6.07) is 0. The van der Waals surface area contributed by atoms with Crippen LogP contribution >= 0.6 is 0 Å². The summed E-state index contributed by atoms with van der Waals surface area (Å²) in [7, 11) is 0. The highest BCUT2D eigenvalue weighted by Gasteiger charge is 2.07. The van der Waals surface area contributed by atoms with Gasteiger partial charge in [-0.15, -0.1) is 0 Å². The minimum atomic E-state index is 0.976. The van der Waals surface area contributed by atoms with Gasteiger partial charge in [0.2, 0.25) is 0 Å². The Balaban J connectivity index is 3.38. The van der Waals surface area contributed by atoms with Crippen molar-refractivity contribution in [1.29, 1.82) is 0 Å². The number of hydrogen-bond donors (Lipinski definition) is 1. The van der Waals surface area contributed by atoms with E-state index < -0.39 is 0 Å². The Kier molecular flexibility index (Phi) is 24.7. The van der Waals surface area contributed by atoms with Gasteiger partial charge in [-0.3, -0.25) is 0 Å². The molecular weight excluding hydrogens is 362 g/mol. The molecule has 0 fully saturated rings. The summed E-state index contributed by atoms with van der Waals surface area (Å²) in [6.45, 7) is 13.8. The molecule has 0 aliphatic carbocycles. The molecular formula is C29H59N. The second-order valence-electron chi connectivity index (χ2n) is 9.83. The third-order valence-corrected chi connectivity index (χ3v) is 6.65. The van der Waals surface area contributed by atoms with Gasteiger partial charge < -0.3 is 5.32 Å². The Morgan fingerprint density at radius 2 is 1.03 bits per heavy atom. The Morgan fingerprint density at radius 1 is 0.533 bits per heavy atom. The summed E-state index contributed by atoms with van der Waals surface area (Å²) < 4.78 is 0. The van der Waals surface area contributed by atoms with Crippen molar-refractivity contribution < 1.29 is 0 Å². The SMILES string of the molecule is C=C(CCCCCCCNCCCCCCCC)CCCC(CCC)CCCCC. The lowest BCUT2D eigenvalue weighted by Crippen LogP contribution is -2.16. The van der Waals surface area contributed by atoms with Crippen LogP contribution < -0.4 is 5.32 Å². The first-order valence-corrected chi connectivity index (χ1v) is 14.1. The van der Waals surface area contributed by atoms with E-state index in [9.17, 15) is 0 Å². The molecule has 1 unspecified atom stereocenters. The van der Waals surface area contributed by atoms with Crippen LogP contribution in [0.1, 0.15) is 156 Å². The Morgan fingerprint density at radius 3 is 1.67 bits per heavy atom. The summed E-state index contributed by atoms with van der Waals surface area (Å²) in [5.74, 6) is 0.976. The molecule has 0 bridgehead atoms. The van der Waals surface area contributed by atoms with Crippen molar-refractivity contribution in [3.8, 4) is 0 Å². The van der Waals surface area contributed by atoms with Crippen LogP contribution in [0.5, 0.6) is 0 Å². The van der Waals surface area contributed by atoms with E-state index in [-0.39, 0.29) is 0 Å². The van der Waals surface area contributed by atoms with Crippen LogP contribution in [0.15, 0.2) is 12.2 Å². The van der Waals surface area contributed by atoms with Gasteiger partial charge in [-0.2, -0.15) is 0 Å². The molecule has 1 heteroatoms. The molecule has 0 heterocycles. The van der Waals surface area contributed by atoms with Gasteiger partial charge in [0.15, 0.2) is 0 Å². The fourth-order valence-electron chi connectivity index (χ4n) is 4.60. The predicted octanol–water partition coefficient (Wildman–Crippen LogP) is 10.0. The van der Waals surface area contributed by atoms with Crippen LogP contribution in [0.25, 0.3) is 0 Å². The third-order valence-electron chi connectivity index (χ3n) is 6.65. The minimum Gasteiger partial charge on any atom is -0.317 e. The van der Waals surface area contributed by atoms with E-state index in [2.05, 4.69) is 32.7 Å². The first-order chi connectivity index (χ1) is 14.7. The summed E-state index contributed by atoms with van der Waals surface area (Å²) in [6.07, 6.45) is 29.1. The number of hydrogen-bond acceptors (Lipinski definition) is 1. The Bertz CT molecular complexity index is 335.